The van der Waals surface area contributed by atoms with Crippen molar-refractivity contribution in [1.82, 2.24) is 0 Å². The summed E-state index contributed by atoms with van der Waals surface area (Å²) in [5, 5.41) is 0. The first kappa shape index (κ1) is 18.9. The van der Waals surface area contributed by atoms with Crippen LogP contribution in [0.4, 0.5) is 0 Å². The smallest absolute Gasteiger partial charge is 0.191 e. The zero-order chi connectivity index (χ0) is 16.9. The molecule has 2 saturated heterocycles. The van der Waals surface area contributed by atoms with Crippen LogP contribution < -0.4 is 0 Å². The summed E-state index contributed by atoms with van der Waals surface area (Å²) in [4.78, 5) is 0. The Morgan fingerprint density at radius 1 is 1.04 bits per heavy atom. The second-order valence-corrected chi connectivity index (χ2v) is 6.80. The average Bonchev–Trinajstić information content (AvgIpc) is 2.94. The third-order valence-corrected chi connectivity index (χ3v) is 4.31. The SMILES string of the molecule is C=C[C@]1(COCCCC)O[C@@H]2OC(C)(C)O[C@H]2C1OCCCC. The molecule has 5 nitrogen and oxygen atoms in total. The van der Waals surface area contributed by atoms with Crippen LogP contribution in [0, 0.1) is 0 Å². The van der Waals surface area contributed by atoms with Crippen LogP contribution in [0.5, 0.6) is 0 Å². The van der Waals surface area contributed by atoms with E-state index in [0.717, 1.165) is 25.7 Å². The van der Waals surface area contributed by atoms with Crippen molar-refractivity contribution in [3.63, 3.8) is 0 Å². The molecule has 0 spiro atoms. The van der Waals surface area contributed by atoms with Gasteiger partial charge >= 0.3 is 0 Å². The molecule has 0 aromatic heterocycles. The molecular formula is C18H32O5. The van der Waals surface area contributed by atoms with Crippen LogP contribution in [0.25, 0.3) is 0 Å². The Hall–Kier alpha value is -0.460. The average molecular weight is 328 g/mol. The molecule has 0 aromatic rings. The normalized spacial score (nSPS) is 35.4. The van der Waals surface area contributed by atoms with Crippen LogP contribution in [-0.4, -0.2) is 49.7 Å². The second-order valence-electron chi connectivity index (χ2n) is 6.80. The first-order chi connectivity index (χ1) is 11.0. The van der Waals surface area contributed by atoms with E-state index in [1.165, 1.54) is 0 Å². The Morgan fingerprint density at radius 3 is 2.39 bits per heavy atom. The third kappa shape index (κ3) is 4.34. The molecule has 0 N–H and O–H groups in total. The monoisotopic (exact) mass is 328 g/mol. The second kappa shape index (κ2) is 8.08. The molecule has 2 heterocycles. The topological polar surface area (TPSA) is 46.2 Å². The lowest BCUT2D eigenvalue weighted by atomic mass is 9.96. The van der Waals surface area contributed by atoms with Crippen LogP contribution in [0.15, 0.2) is 12.7 Å². The number of ether oxygens (including phenoxy) is 5. The Balaban J connectivity index is 2.07. The molecule has 134 valence electrons. The van der Waals surface area contributed by atoms with Gasteiger partial charge in [0, 0.05) is 13.2 Å². The molecule has 0 aromatic carbocycles. The van der Waals surface area contributed by atoms with Crippen LogP contribution in [0.2, 0.25) is 0 Å². The summed E-state index contributed by atoms with van der Waals surface area (Å²) < 4.78 is 30.0. The summed E-state index contributed by atoms with van der Waals surface area (Å²) in [5.41, 5.74) is -0.715. The Kier molecular flexibility index (Phi) is 6.63. The highest BCUT2D eigenvalue weighted by atomic mass is 16.8. The van der Waals surface area contributed by atoms with Crippen LogP contribution >= 0.6 is 0 Å². The Labute approximate surface area is 140 Å². The quantitative estimate of drug-likeness (QED) is 0.454. The highest BCUT2D eigenvalue weighted by Crippen LogP contribution is 2.44. The zero-order valence-corrected chi connectivity index (χ0v) is 15.0. The summed E-state index contributed by atoms with van der Waals surface area (Å²) >= 11 is 0. The minimum atomic E-state index is -0.715. The molecule has 2 rings (SSSR count). The maximum atomic E-state index is 6.17. The lowest BCUT2D eigenvalue weighted by Gasteiger charge is -2.34. The minimum Gasteiger partial charge on any atom is -0.378 e. The standard InChI is InChI=1S/C18H32O5/c1-6-9-11-19-13-18(8-3)15(20-12-10-7-2)14-16(23-18)22-17(4,5)21-14/h8,14-16H,3,6-7,9-13H2,1-2,4-5H3/t14-,15?,16-,18+/m0/s1. The van der Waals surface area contributed by atoms with Crippen LogP contribution in [0.3, 0.4) is 0 Å². The van der Waals surface area contributed by atoms with E-state index in [9.17, 15) is 0 Å². The van der Waals surface area contributed by atoms with E-state index in [4.69, 9.17) is 23.7 Å². The fourth-order valence-electron chi connectivity index (χ4n) is 3.02. The van der Waals surface area contributed by atoms with Gasteiger partial charge in [0.05, 0.1) is 6.61 Å². The molecule has 23 heavy (non-hydrogen) atoms. The van der Waals surface area contributed by atoms with E-state index >= 15 is 0 Å². The van der Waals surface area contributed by atoms with Crippen molar-refractivity contribution >= 4 is 0 Å². The predicted octanol–water partition coefficient (Wildman–Crippen LogP) is 3.42. The Bertz CT molecular complexity index is 384. The van der Waals surface area contributed by atoms with Gasteiger partial charge in [-0.3, -0.25) is 0 Å². The van der Waals surface area contributed by atoms with E-state index < -0.39 is 17.7 Å². The first-order valence-corrected chi connectivity index (χ1v) is 8.84. The molecule has 2 fully saturated rings. The molecule has 1 unspecified atom stereocenters. The van der Waals surface area contributed by atoms with Gasteiger partial charge in [0.2, 0.25) is 0 Å². The molecule has 2 aliphatic rings. The number of rotatable bonds is 10. The molecular weight excluding hydrogens is 296 g/mol. The summed E-state index contributed by atoms with van der Waals surface area (Å²) in [6.07, 6.45) is 5.04. The van der Waals surface area contributed by atoms with Gasteiger partial charge in [0.25, 0.3) is 0 Å². The van der Waals surface area contributed by atoms with Crippen molar-refractivity contribution in [3.8, 4) is 0 Å². The predicted molar refractivity (Wildman–Crippen MR) is 88.2 cm³/mol. The van der Waals surface area contributed by atoms with Crippen molar-refractivity contribution in [3.05, 3.63) is 12.7 Å². The van der Waals surface area contributed by atoms with E-state index in [1.54, 1.807) is 6.08 Å². The van der Waals surface area contributed by atoms with Crippen molar-refractivity contribution in [2.75, 3.05) is 19.8 Å². The molecule has 4 atom stereocenters. The molecule has 2 aliphatic heterocycles. The minimum absolute atomic E-state index is 0.255. The van der Waals surface area contributed by atoms with Crippen LogP contribution in [0.1, 0.15) is 53.4 Å². The van der Waals surface area contributed by atoms with E-state index in [1.807, 2.05) is 13.8 Å². The lowest BCUT2D eigenvalue weighted by molar-refractivity contribution is -0.241. The van der Waals surface area contributed by atoms with Gasteiger partial charge < -0.3 is 23.7 Å². The molecule has 0 saturated carbocycles. The van der Waals surface area contributed by atoms with Crippen molar-refractivity contribution in [1.29, 1.82) is 0 Å². The highest BCUT2D eigenvalue weighted by molar-refractivity contribution is 5.13. The van der Waals surface area contributed by atoms with Gasteiger partial charge in [-0.2, -0.15) is 0 Å². The van der Waals surface area contributed by atoms with E-state index in [2.05, 4.69) is 20.4 Å². The molecule has 5 heteroatoms. The van der Waals surface area contributed by atoms with Gasteiger partial charge in [0.15, 0.2) is 12.1 Å². The van der Waals surface area contributed by atoms with Crippen molar-refractivity contribution in [2.45, 2.75) is 83.3 Å². The van der Waals surface area contributed by atoms with E-state index in [0.29, 0.717) is 19.8 Å². The zero-order valence-electron chi connectivity index (χ0n) is 15.0. The summed E-state index contributed by atoms with van der Waals surface area (Å²) in [6, 6.07) is 0. The third-order valence-electron chi connectivity index (χ3n) is 4.31. The highest BCUT2D eigenvalue weighted by Gasteiger charge is 2.61. The molecule has 0 aliphatic carbocycles. The van der Waals surface area contributed by atoms with Gasteiger partial charge in [-0.1, -0.05) is 32.8 Å². The lowest BCUT2D eigenvalue weighted by Crippen LogP contribution is -2.48. The van der Waals surface area contributed by atoms with Gasteiger partial charge in [-0.25, -0.2) is 0 Å². The summed E-state index contributed by atoms with van der Waals surface area (Å²) in [7, 11) is 0. The number of unbranched alkanes of at least 4 members (excludes halogenated alkanes) is 2. The maximum absolute atomic E-state index is 6.17. The number of hydrogen-bond donors (Lipinski definition) is 0. The van der Waals surface area contributed by atoms with Crippen molar-refractivity contribution < 1.29 is 23.7 Å². The molecule has 0 amide bonds. The summed E-state index contributed by atoms with van der Waals surface area (Å²) in [6.45, 7) is 13.8. The molecule has 0 bridgehead atoms. The molecule has 0 radical (unpaired) electrons. The van der Waals surface area contributed by atoms with Gasteiger partial charge in [0.1, 0.15) is 17.8 Å². The summed E-state index contributed by atoms with van der Waals surface area (Å²) in [5.74, 6) is -0.655. The van der Waals surface area contributed by atoms with E-state index in [-0.39, 0.29) is 12.2 Å². The first-order valence-electron chi connectivity index (χ1n) is 8.84. The number of hydrogen-bond acceptors (Lipinski definition) is 5. The van der Waals surface area contributed by atoms with Gasteiger partial charge in [-0.15, -0.1) is 6.58 Å². The number of fused-ring (bicyclic) bond motifs is 1. The fraction of sp³-hybridized carbons (Fsp3) is 0.889. The fourth-order valence-corrected chi connectivity index (χ4v) is 3.02. The largest absolute Gasteiger partial charge is 0.378 e. The van der Waals surface area contributed by atoms with Crippen LogP contribution in [-0.2, 0) is 23.7 Å². The Morgan fingerprint density at radius 2 is 1.74 bits per heavy atom. The van der Waals surface area contributed by atoms with Gasteiger partial charge in [-0.05, 0) is 26.7 Å². The maximum Gasteiger partial charge on any atom is 0.191 e. The van der Waals surface area contributed by atoms with Crippen molar-refractivity contribution in [2.24, 2.45) is 0 Å².